The molecule has 0 amide bonds. The van der Waals surface area contributed by atoms with E-state index >= 15 is 0 Å². The predicted molar refractivity (Wildman–Crippen MR) is 72.7 cm³/mol. The van der Waals surface area contributed by atoms with Gasteiger partial charge < -0.3 is 15.9 Å². The maximum atomic E-state index is 10.9. The molecule has 0 saturated heterocycles. The van der Waals surface area contributed by atoms with Crippen LogP contribution < -0.4 is 5.73 Å². The number of thiophene rings is 1. The lowest BCUT2D eigenvalue weighted by atomic mass is 10.0. The fraction of sp³-hybridized carbons (Fsp3) is 0.0833. The standard InChI is InChI=1S/C12H11NO3S.ClH/c13-11(10-2-1-5-17-10)7-3-4-9(14)8(6-7)12(15)16;/h1-6,11,14H,13H2,(H,15,16);1H/t11-;/m1./s1. The number of aromatic carboxylic acids is 1. The molecule has 6 heteroatoms. The maximum absolute atomic E-state index is 10.9. The summed E-state index contributed by atoms with van der Waals surface area (Å²) in [4.78, 5) is 11.8. The molecule has 2 aromatic rings. The highest BCUT2D eigenvalue weighted by Gasteiger charge is 2.15. The summed E-state index contributed by atoms with van der Waals surface area (Å²) in [5.41, 5.74) is 6.55. The Morgan fingerprint density at radius 1 is 1.33 bits per heavy atom. The maximum Gasteiger partial charge on any atom is 0.339 e. The van der Waals surface area contributed by atoms with Gasteiger partial charge in [0.2, 0.25) is 0 Å². The van der Waals surface area contributed by atoms with Crippen molar-refractivity contribution in [3.05, 3.63) is 51.7 Å². The van der Waals surface area contributed by atoms with E-state index in [0.717, 1.165) is 4.88 Å². The zero-order valence-electron chi connectivity index (χ0n) is 9.24. The van der Waals surface area contributed by atoms with Crippen molar-refractivity contribution in [2.75, 3.05) is 0 Å². The van der Waals surface area contributed by atoms with Gasteiger partial charge in [-0.15, -0.1) is 23.7 Å². The summed E-state index contributed by atoms with van der Waals surface area (Å²) in [5, 5.41) is 20.2. The first-order valence-corrected chi connectivity index (χ1v) is 5.82. The van der Waals surface area contributed by atoms with Gasteiger partial charge in [-0.05, 0) is 29.1 Å². The van der Waals surface area contributed by atoms with Crippen molar-refractivity contribution in [1.82, 2.24) is 0 Å². The molecule has 0 radical (unpaired) electrons. The minimum Gasteiger partial charge on any atom is -0.507 e. The van der Waals surface area contributed by atoms with E-state index in [1.54, 1.807) is 6.07 Å². The van der Waals surface area contributed by atoms with Gasteiger partial charge in [0.05, 0.1) is 6.04 Å². The molecular weight excluding hydrogens is 274 g/mol. The van der Waals surface area contributed by atoms with Crippen LogP contribution in [0, 0.1) is 0 Å². The second-order valence-corrected chi connectivity index (χ2v) is 4.55. The van der Waals surface area contributed by atoms with Crippen LogP contribution in [0.5, 0.6) is 5.75 Å². The van der Waals surface area contributed by atoms with E-state index in [1.807, 2.05) is 17.5 Å². The number of hydrogen-bond donors (Lipinski definition) is 3. The highest BCUT2D eigenvalue weighted by atomic mass is 35.5. The van der Waals surface area contributed by atoms with Gasteiger partial charge in [-0.2, -0.15) is 0 Å². The summed E-state index contributed by atoms with van der Waals surface area (Å²) >= 11 is 1.51. The Morgan fingerprint density at radius 3 is 2.61 bits per heavy atom. The van der Waals surface area contributed by atoms with Crippen LogP contribution in [0.4, 0.5) is 0 Å². The predicted octanol–water partition coefficient (Wildman–Crippen LogP) is 2.62. The number of rotatable bonds is 3. The average molecular weight is 286 g/mol. The lowest BCUT2D eigenvalue weighted by Gasteiger charge is -2.11. The van der Waals surface area contributed by atoms with Crippen molar-refractivity contribution >= 4 is 29.7 Å². The molecule has 0 fully saturated rings. The fourth-order valence-corrected chi connectivity index (χ4v) is 2.30. The Kier molecular flexibility index (Phi) is 4.72. The van der Waals surface area contributed by atoms with Crippen LogP contribution in [0.25, 0.3) is 0 Å². The van der Waals surface area contributed by atoms with Crippen LogP contribution in [-0.2, 0) is 0 Å². The molecule has 1 atom stereocenters. The topological polar surface area (TPSA) is 83.5 Å². The molecular formula is C12H12ClNO3S. The average Bonchev–Trinajstić information content (AvgIpc) is 2.81. The summed E-state index contributed by atoms with van der Waals surface area (Å²) < 4.78 is 0. The number of aromatic hydroxyl groups is 1. The van der Waals surface area contributed by atoms with E-state index in [2.05, 4.69) is 0 Å². The summed E-state index contributed by atoms with van der Waals surface area (Å²) in [6, 6.07) is 7.80. The van der Waals surface area contributed by atoms with Gasteiger partial charge >= 0.3 is 5.97 Å². The minimum atomic E-state index is -1.16. The van der Waals surface area contributed by atoms with Crippen LogP contribution in [0.2, 0.25) is 0 Å². The zero-order valence-corrected chi connectivity index (χ0v) is 10.9. The van der Waals surface area contributed by atoms with E-state index in [4.69, 9.17) is 10.8 Å². The highest BCUT2D eigenvalue weighted by Crippen LogP contribution is 2.27. The van der Waals surface area contributed by atoms with Crippen LogP contribution in [0.3, 0.4) is 0 Å². The van der Waals surface area contributed by atoms with Gasteiger partial charge in [0, 0.05) is 4.88 Å². The normalized spacial score (nSPS) is 11.6. The van der Waals surface area contributed by atoms with Crippen LogP contribution in [-0.4, -0.2) is 16.2 Å². The van der Waals surface area contributed by atoms with Crippen LogP contribution in [0.15, 0.2) is 35.7 Å². The number of carboxylic acid groups (broad SMARTS) is 1. The smallest absolute Gasteiger partial charge is 0.339 e. The molecule has 0 aliphatic heterocycles. The third-order valence-electron chi connectivity index (χ3n) is 2.46. The first-order chi connectivity index (χ1) is 8.09. The van der Waals surface area contributed by atoms with Gasteiger partial charge in [-0.25, -0.2) is 4.79 Å². The van der Waals surface area contributed by atoms with Crippen molar-refractivity contribution in [2.45, 2.75) is 6.04 Å². The molecule has 1 aromatic carbocycles. The van der Waals surface area contributed by atoms with E-state index < -0.39 is 5.97 Å². The molecule has 96 valence electrons. The van der Waals surface area contributed by atoms with Crippen molar-refractivity contribution in [3.63, 3.8) is 0 Å². The van der Waals surface area contributed by atoms with E-state index in [0.29, 0.717) is 5.56 Å². The monoisotopic (exact) mass is 285 g/mol. The molecule has 4 nitrogen and oxygen atoms in total. The summed E-state index contributed by atoms with van der Waals surface area (Å²) in [6.45, 7) is 0. The lowest BCUT2D eigenvalue weighted by molar-refractivity contribution is 0.0693. The molecule has 2 rings (SSSR count). The van der Waals surface area contributed by atoms with Crippen LogP contribution >= 0.6 is 23.7 Å². The summed E-state index contributed by atoms with van der Waals surface area (Å²) in [6.07, 6.45) is 0. The quantitative estimate of drug-likeness (QED) is 0.809. The lowest BCUT2D eigenvalue weighted by Crippen LogP contribution is -2.11. The third-order valence-corrected chi connectivity index (χ3v) is 3.42. The molecule has 0 bridgehead atoms. The number of halogens is 1. The molecule has 0 aliphatic rings. The molecule has 0 saturated carbocycles. The van der Waals surface area contributed by atoms with Crippen LogP contribution in [0.1, 0.15) is 26.8 Å². The Labute approximate surface area is 114 Å². The Hall–Kier alpha value is -1.56. The number of benzene rings is 1. The Morgan fingerprint density at radius 2 is 2.06 bits per heavy atom. The second kappa shape index (κ2) is 5.86. The summed E-state index contributed by atoms with van der Waals surface area (Å²) in [5.74, 6) is -1.41. The van der Waals surface area contributed by atoms with Gasteiger partial charge in [0.15, 0.2) is 0 Å². The second-order valence-electron chi connectivity index (χ2n) is 3.57. The molecule has 18 heavy (non-hydrogen) atoms. The number of carboxylic acids is 1. The number of nitrogens with two attached hydrogens (primary N) is 1. The van der Waals surface area contributed by atoms with Crippen molar-refractivity contribution in [2.24, 2.45) is 5.73 Å². The van der Waals surface area contributed by atoms with E-state index in [-0.39, 0.29) is 29.8 Å². The van der Waals surface area contributed by atoms with E-state index in [9.17, 15) is 9.90 Å². The first-order valence-electron chi connectivity index (χ1n) is 4.95. The number of hydrogen-bond acceptors (Lipinski definition) is 4. The first kappa shape index (κ1) is 14.5. The third kappa shape index (κ3) is 2.81. The molecule has 0 aliphatic carbocycles. The van der Waals surface area contributed by atoms with Gasteiger partial charge in [-0.1, -0.05) is 12.1 Å². The van der Waals surface area contributed by atoms with Crippen molar-refractivity contribution in [1.29, 1.82) is 0 Å². The van der Waals surface area contributed by atoms with Gasteiger partial charge in [0.25, 0.3) is 0 Å². The zero-order chi connectivity index (χ0) is 12.4. The number of phenols is 1. The highest BCUT2D eigenvalue weighted by molar-refractivity contribution is 7.10. The fourth-order valence-electron chi connectivity index (χ4n) is 1.55. The van der Waals surface area contributed by atoms with Crippen molar-refractivity contribution in [3.8, 4) is 5.75 Å². The van der Waals surface area contributed by atoms with Gasteiger partial charge in [0.1, 0.15) is 11.3 Å². The Balaban J connectivity index is 0.00000162. The molecule has 1 aromatic heterocycles. The number of carbonyl (C=O) groups is 1. The van der Waals surface area contributed by atoms with Crippen molar-refractivity contribution < 1.29 is 15.0 Å². The SMILES string of the molecule is Cl.N[C@H](c1ccc(O)c(C(=O)O)c1)c1cccs1. The summed E-state index contributed by atoms with van der Waals surface area (Å²) in [7, 11) is 0. The molecule has 1 heterocycles. The molecule has 0 spiro atoms. The molecule has 4 N–H and O–H groups in total. The Bertz CT molecular complexity index is 542. The van der Waals surface area contributed by atoms with Gasteiger partial charge in [-0.3, -0.25) is 0 Å². The van der Waals surface area contributed by atoms with E-state index in [1.165, 1.54) is 23.5 Å². The minimum absolute atomic E-state index is 0. The largest absolute Gasteiger partial charge is 0.507 e. The molecule has 0 unspecified atom stereocenters.